The van der Waals surface area contributed by atoms with Gasteiger partial charge in [0.25, 0.3) is 0 Å². The summed E-state index contributed by atoms with van der Waals surface area (Å²) in [5.41, 5.74) is 1.28. The van der Waals surface area contributed by atoms with Crippen LogP contribution >= 0.6 is 0 Å². The minimum absolute atomic E-state index is 0.236. The lowest BCUT2D eigenvalue weighted by Gasteiger charge is -2.24. The molecule has 0 amide bonds. The monoisotopic (exact) mass is 317 g/mol. The van der Waals surface area contributed by atoms with Crippen LogP contribution in [0.4, 0.5) is 0 Å². The van der Waals surface area contributed by atoms with E-state index in [0.29, 0.717) is 12.5 Å². The number of nitrogens with one attached hydrogen (secondary N) is 1. The zero-order chi connectivity index (χ0) is 16.5. The summed E-state index contributed by atoms with van der Waals surface area (Å²) in [5, 5.41) is 12.7. The lowest BCUT2D eigenvalue weighted by Crippen LogP contribution is -2.38. The summed E-state index contributed by atoms with van der Waals surface area (Å²) in [6.45, 7) is 2.24. The van der Waals surface area contributed by atoms with Crippen LogP contribution in [0.2, 0.25) is 0 Å². The normalized spacial score (nSPS) is 18.0. The highest BCUT2D eigenvalue weighted by Crippen LogP contribution is 2.29. The van der Waals surface area contributed by atoms with Gasteiger partial charge in [-0.05, 0) is 44.1 Å². The highest BCUT2D eigenvalue weighted by molar-refractivity contribution is 5.66. The SMILES string of the molecule is CC(CCC1CCCC1)NC(CCC(=O)O)Cc1ccccc1. The molecule has 2 N–H and O–H groups in total. The number of hydrogen-bond acceptors (Lipinski definition) is 2. The number of carboxylic acid groups (broad SMARTS) is 1. The molecule has 0 aliphatic heterocycles. The zero-order valence-corrected chi connectivity index (χ0v) is 14.3. The van der Waals surface area contributed by atoms with Crippen LogP contribution in [0, 0.1) is 5.92 Å². The maximum absolute atomic E-state index is 10.9. The van der Waals surface area contributed by atoms with Crippen LogP contribution in [0.3, 0.4) is 0 Å². The molecule has 0 spiro atoms. The van der Waals surface area contributed by atoms with Crippen molar-refractivity contribution in [3.8, 4) is 0 Å². The fourth-order valence-electron chi connectivity index (χ4n) is 3.71. The second-order valence-corrected chi connectivity index (χ2v) is 7.11. The van der Waals surface area contributed by atoms with Crippen LogP contribution in [0.1, 0.15) is 63.9 Å². The van der Waals surface area contributed by atoms with Gasteiger partial charge in [-0.2, -0.15) is 0 Å². The molecule has 0 saturated heterocycles. The third kappa shape index (κ3) is 7.17. The highest BCUT2D eigenvalue weighted by Gasteiger charge is 2.18. The van der Waals surface area contributed by atoms with E-state index in [1.165, 1.54) is 44.1 Å². The molecule has 1 aromatic carbocycles. The van der Waals surface area contributed by atoms with Crippen molar-refractivity contribution in [1.82, 2.24) is 5.32 Å². The second kappa shape index (κ2) is 9.71. The first-order valence-corrected chi connectivity index (χ1v) is 9.15. The van der Waals surface area contributed by atoms with Crippen molar-refractivity contribution in [1.29, 1.82) is 0 Å². The van der Waals surface area contributed by atoms with Crippen LogP contribution in [-0.4, -0.2) is 23.2 Å². The Labute approximate surface area is 140 Å². The van der Waals surface area contributed by atoms with E-state index in [-0.39, 0.29) is 12.5 Å². The summed E-state index contributed by atoms with van der Waals surface area (Å²) in [7, 11) is 0. The van der Waals surface area contributed by atoms with Gasteiger partial charge in [-0.15, -0.1) is 0 Å². The van der Waals surface area contributed by atoms with Crippen LogP contribution < -0.4 is 5.32 Å². The van der Waals surface area contributed by atoms with Gasteiger partial charge in [-0.3, -0.25) is 4.79 Å². The topological polar surface area (TPSA) is 49.3 Å². The molecule has 128 valence electrons. The van der Waals surface area contributed by atoms with Gasteiger partial charge in [0.05, 0.1) is 0 Å². The summed E-state index contributed by atoms with van der Waals surface area (Å²) in [4.78, 5) is 10.9. The van der Waals surface area contributed by atoms with E-state index in [1.807, 2.05) is 18.2 Å². The molecular weight excluding hydrogens is 286 g/mol. The van der Waals surface area contributed by atoms with Gasteiger partial charge < -0.3 is 10.4 Å². The molecule has 1 aromatic rings. The molecule has 0 aromatic heterocycles. The van der Waals surface area contributed by atoms with E-state index >= 15 is 0 Å². The molecule has 0 radical (unpaired) electrons. The van der Waals surface area contributed by atoms with Crippen molar-refractivity contribution in [2.45, 2.75) is 76.8 Å². The van der Waals surface area contributed by atoms with E-state index in [1.54, 1.807) is 0 Å². The van der Waals surface area contributed by atoms with E-state index in [0.717, 1.165) is 12.3 Å². The molecular formula is C20H31NO2. The summed E-state index contributed by atoms with van der Waals surface area (Å²) in [6.07, 6.45) is 9.95. The lowest BCUT2D eigenvalue weighted by atomic mass is 9.97. The number of rotatable bonds is 10. The minimum Gasteiger partial charge on any atom is -0.481 e. The van der Waals surface area contributed by atoms with Crippen LogP contribution in [0.5, 0.6) is 0 Å². The van der Waals surface area contributed by atoms with Crippen molar-refractivity contribution in [3.63, 3.8) is 0 Å². The number of carbonyl (C=O) groups is 1. The Morgan fingerprint density at radius 3 is 2.57 bits per heavy atom. The van der Waals surface area contributed by atoms with E-state index in [9.17, 15) is 4.79 Å². The third-order valence-corrected chi connectivity index (χ3v) is 5.03. The Balaban J connectivity index is 1.81. The molecule has 2 rings (SSSR count). The van der Waals surface area contributed by atoms with Crippen molar-refractivity contribution in [2.24, 2.45) is 5.92 Å². The van der Waals surface area contributed by atoms with Crippen molar-refractivity contribution in [2.75, 3.05) is 0 Å². The maximum atomic E-state index is 10.9. The van der Waals surface area contributed by atoms with Crippen molar-refractivity contribution < 1.29 is 9.90 Å². The number of carboxylic acids is 1. The second-order valence-electron chi connectivity index (χ2n) is 7.11. The molecule has 1 fully saturated rings. The quantitative estimate of drug-likeness (QED) is 0.672. The Bertz CT molecular complexity index is 454. The molecule has 1 saturated carbocycles. The smallest absolute Gasteiger partial charge is 0.303 e. The molecule has 3 heteroatoms. The molecule has 23 heavy (non-hydrogen) atoms. The predicted molar refractivity (Wildman–Crippen MR) is 94.6 cm³/mol. The Morgan fingerprint density at radius 2 is 1.91 bits per heavy atom. The van der Waals surface area contributed by atoms with Crippen molar-refractivity contribution in [3.05, 3.63) is 35.9 Å². The van der Waals surface area contributed by atoms with Gasteiger partial charge in [0.1, 0.15) is 0 Å². The summed E-state index contributed by atoms with van der Waals surface area (Å²) < 4.78 is 0. The van der Waals surface area contributed by atoms with Crippen LogP contribution in [0.15, 0.2) is 30.3 Å². The number of benzene rings is 1. The first kappa shape index (κ1) is 18.0. The Hall–Kier alpha value is -1.35. The standard InChI is InChI=1S/C20H31NO2/c1-16(11-12-17-7-5-6-8-17)21-19(13-14-20(22)23)15-18-9-3-2-4-10-18/h2-4,9-10,16-17,19,21H,5-8,11-15H2,1H3,(H,22,23). The Morgan fingerprint density at radius 1 is 1.22 bits per heavy atom. The zero-order valence-electron chi connectivity index (χ0n) is 14.3. The van der Waals surface area contributed by atoms with Gasteiger partial charge in [-0.25, -0.2) is 0 Å². The fraction of sp³-hybridized carbons (Fsp3) is 0.650. The minimum atomic E-state index is -0.705. The third-order valence-electron chi connectivity index (χ3n) is 5.03. The molecule has 1 aliphatic rings. The number of hydrogen-bond donors (Lipinski definition) is 2. The summed E-state index contributed by atoms with van der Waals surface area (Å²) in [5.74, 6) is 0.217. The van der Waals surface area contributed by atoms with E-state index < -0.39 is 5.97 Å². The molecule has 1 aliphatic carbocycles. The van der Waals surface area contributed by atoms with Crippen LogP contribution in [-0.2, 0) is 11.2 Å². The van der Waals surface area contributed by atoms with Crippen LogP contribution in [0.25, 0.3) is 0 Å². The number of aliphatic carboxylic acids is 1. The molecule has 2 atom stereocenters. The van der Waals surface area contributed by atoms with Gasteiger partial charge in [0, 0.05) is 18.5 Å². The fourth-order valence-corrected chi connectivity index (χ4v) is 3.71. The largest absolute Gasteiger partial charge is 0.481 e. The van der Waals surface area contributed by atoms with Gasteiger partial charge in [0.2, 0.25) is 0 Å². The van der Waals surface area contributed by atoms with Crippen molar-refractivity contribution >= 4 is 5.97 Å². The van der Waals surface area contributed by atoms with Gasteiger partial charge >= 0.3 is 5.97 Å². The average Bonchev–Trinajstić information content (AvgIpc) is 3.05. The highest BCUT2D eigenvalue weighted by atomic mass is 16.4. The van der Waals surface area contributed by atoms with Gasteiger partial charge in [0.15, 0.2) is 0 Å². The predicted octanol–water partition coefficient (Wildman–Crippen LogP) is 4.41. The van der Waals surface area contributed by atoms with Gasteiger partial charge in [-0.1, -0.05) is 56.0 Å². The first-order chi connectivity index (χ1) is 11.1. The lowest BCUT2D eigenvalue weighted by molar-refractivity contribution is -0.137. The Kier molecular flexibility index (Phi) is 7.60. The summed E-state index contributed by atoms with van der Waals surface area (Å²) in [6, 6.07) is 11.1. The molecule has 3 nitrogen and oxygen atoms in total. The molecule has 2 unspecified atom stereocenters. The first-order valence-electron chi connectivity index (χ1n) is 9.15. The van der Waals surface area contributed by atoms with E-state index in [2.05, 4.69) is 24.4 Å². The summed E-state index contributed by atoms with van der Waals surface area (Å²) >= 11 is 0. The maximum Gasteiger partial charge on any atom is 0.303 e. The molecule has 0 bridgehead atoms. The molecule has 0 heterocycles. The van der Waals surface area contributed by atoms with E-state index in [4.69, 9.17) is 5.11 Å². The average molecular weight is 317 g/mol.